The summed E-state index contributed by atoms with van der Waals surface area (Å²) in [5.74, 6) is 0.469. The summed E-state index contributed by atoms with van der Waals surface area (Å²) < 4.78 is 5.34. The predicted octanol–water partition coefficient (Wildman–Crippen LogP) is 2.45. The molecule has 0 fully saturated rings. The fourth-order valence-electron chi connectivity index (χ4n) is 2.57. The number of carbonyl (C=O) groups is 3. The van der Waals surface area contributed by atoms with E-state index in [2.05, 4.69) is 20.9 Å². The number of benzene rings is 1. The first-order valence-corrected chi connectivity index (χ1v) is 13.3. The first-order chi connectivity index (χ1) is 18.4. The van der Waals surface area contributed by atoms with Crippen molar-refractivity contribution < 1.29 is 19.1 Å². The Morgan fingerprint density at radius 3 is 2.05 bits per heavy atom. The minimum absolute atomic E-state index is 0.0643. The number of carbonyl (C=O) groups excluding carboxylic acids is 3. The summed E-state index contributed by atoms with van der Waals surface area (Å²) in [6.45, 7) is 12.3. The van der Waals surface area contributed by atoms with Crippen LogP contribution in [-0.4, -0.2) is 94.1 Å². The smallest absolute Gasteiger partial charge is 0.409 e. The Bertz CT molecular complexity index is 845. The molecule has 7 N–H and O–H groups in total. The third-order valence-electron chi connectivity index (χ3n) is 5.07. The van der Waals surface area contributed by atoms with E-state index in [1.54, 1.807) is 19.0 Å². The molecule has 12 heteroatoms. The fourth-order valence-corrected chi connectivity index (χ4v) is 2.57. The lowest BCUT2D eigenvalue weighted by atomic mass is 10.1. The molecule has 1 rings (SSSR count). The van der Waals surface area contributed by atoms with Crippen molar-refractivity contribution in [2.24, 2.45) is 22.4 Å². The minimum Gasteiger partial charge on any atom is -0.445 e. The lowest BCUT2D eigenvalue weighted by molar-refractivity contribution is -0.122. The first kappa shape index (κ1) is 37.8. The van der Waals surface area contributed by atoms with Gasteiger partial charge in [0.05, 0.1) is 12.6 Å². The van der Waals surface area contributed by atoms with Crippen molar-refractivity contribution >= 4 is 29.6 Å². The number of nitrogens with one attached hydrogen (secondary N) is 3. The van der Waals surface area contributed by atoms with E-state index in [-0.39, 0.29) is 31.1 Å². The van der Waals surface area contributed by atoms with Crippen LogP contribution in [0, 0.1) is 5.92 Å². The lowest BCUT2D eigenvalue weighted by Gasteiger charge is -2.19. The van der Waals surface area contributed by atoms with Gasteiger partial charge in [0.15, 0.2) is 0 Å². The number of amidine groups is 1. The molecule has 1 unspecified atom stereocenters. The standard InChI is InChI=1S/C21H36N6O3.C4H10N2O.C2H6/c1-15(2)19(22)20(28)24-13-18(23-3)25-17-9-7-16(8-10-17)14-30-21(29)27(6)12-11-26(4)5;1-2-3-6-4(5)7;1-2/h7-10,15,19H,11-14,22H2,1-6H3,(H,23,25)(H,24,28);2-3H2,1H3,(H3,5,6,7);1-2H3. The SMILES string of the molecule is CC.CCCNC(N)=O.CN=C(CNC(=O)C(N)C(C)C)Nc1ccc(COC(=O)N(C)CCN(C)C)cc1. The number of urea groups is 1. The Balaban J connectivity index is 0. The third-order valence-corrected chi connectivity index (χ3v) is 5.07. The van der Waals surface area contributed by atoms with Gasteiger partial charge in [0, 0.05) is 39.4 Å². The number of nitrogens with two attached hydrogens (primary N) is 2. The number of aliphatic imine (C=N–C) groups is 1. The minimum atomic E-state index is -0.549. The highest BCUT2D eigenvalue weighted by Gasteiger charge is 2.17. The van der Waals surface area contributed by atoms with Crippen molar-refractivity contribution in [3.8, 4) is 0 Å². The van der Waals surface area contributed by atoms with E-state index in [0.29, 0.717) is 18.9 Å². The van der Waals surface area contributed by atoms with Crippen LogP contribution in [0.3, 0.4) is 0 Å². The quantitative estimate of drug-likeness (QED) is 0.196. The van der Waals surface area contributed by atoms with E-state index in [1.807, 2.05) is 77.9 Å². The average molecular weight is 553 g/mol. The molecule has 0 saturated carbocycles. The van der Waals surface area contributed by atoms with E-state index >= 15 is 0 Å². The topological polar surface area (TPSA) is 167 Å². The van der Waals surface area contributed by atoms with Crippen LogP contribution in [-0.2, 0) is 16.1 Å². The number of hydrogen-bond acceptors (Lipinski definition) is 7. The maximum Gasteiger partial charge on any atom is 0.409 e. The van der Waals surface area contributed by atoms with Crippen LogP contribution in [0.5, 0.6) is 0 Å². The molecular formula is C27H52N8O4. The maximum absolute atomic E-state index is 12.0. The van der Waals surface area contributed by atoms with Gasteiger partial charge in [-0.1, -0.05) is 46.8 Å². The molecule has 1 aromatic carbocycles. The monoisotopic (exact) mass is 552 g/mol. The van der Waals surface area contributed by atoms with Gasteiger partial charge in [-0.2, -0.15) is 0 Å². The molecule has 0 radical (unpaired) electrons. The van der Waals surface area contributed by atoms with E-state index in [4.69, 9.17) is 16.2 Å². The summed E-state index contributed by atoms with van der Waals surface area (Å²) >= 11 is 0. The number of rotatable bonds is 12. The Morgan fingerprint density at radius 2 is 1.62 bits per heavy atom. The molecule has 1 atom stereocenters. The molecule has 1 aromatic rings. The van der Waals surface area contributed by atoms with E-state index < -0.39 is 12.1 Å². The number of anilines is 1. The third kappa shape index (κ3) is 19.4. The number of ether oxygens (including phenoxy) is 1. The Kier molecular flexibility index (Phi) is 21.9. The van der Waals surface area contributed by atoms with Crippen molar-refractivity contribution in [2.45, 2.75) is 53.7 Å². The zero-order chi connectivity index (χ0) is 30.4. The molecule has 224 valence electrons. The summed E-state index contributed by atoms with van der Waals surface area (Å²) in [5, 5.41) is 8.38. The normalized spacial score (nSPS) is 11.3. The Hall–Kier alpha value is -3.38. The van der Waals surface area contributed by atoms with Gasteiger partial charge < -0.3 is 42.0 Å². The highest BCUT2D eigenvalue weighted by atomic mass is 16.6. The lowest BCUT2D eigenvalue weighted by Crippen LogP contribution is -2.46. The molecule has 0 spiro atoms. The van der Waals surface area contributed by atoms with Gasteiger partial charge in [0.1, 0.15) is 12.4 Å². The van der Waals surface area contributed by atoms with Gasteiger partial charge in [-0.15, -0.1) is 0 Å². The zero-order valence-electron chi connectivity index (χ0n) is 25.3. The Morgan fingerprint density at radius 1 is 1.03 bits per heavy atom. The van der Waals surface area contributed by atoms with Crippen LogP contribution in [0.2, 0.25) is 0 Å². The second-order valence-electron chi connectivity index (χ2n) is 9.05. The molecule has 0 aliphatic heterocycles. The molecule has 0 heterocycles. The second-order valence-corrected chi connectivity index (χ2v) is 9.05. The van der Waals surface area contributed by atoms with Crippen LogP contribution in [0.15, 0.2) is 29.3 Å². The van der Waals surface area contributed by atoms with Gasteiger partial charge in [0.2, 0.25) is 5.91 Å². The number of amides is 4. The van der Waals surface area contributed by atoms with Gasteiger partial charge >= 0.3 is 12.1 Å². The van der Waals surface area contributed by atoms with Gasteiger partial charge in [0.25, 0.3) is 0 Å². The van der Waals surface area contributed by atoms with Gasteiger partial charge in [-0.25, -0.2) is 9.59 Å². The van der Waals surface area contributed by atoms with Crippen molar-refractivity contribution in [1.29, 1.82) is 0 Å². The molecule has 0 saturated heterocycles. The zero-order valence-corrected chi connectivity index (χ0v) is 25.3. The van der Waals surface area contributed by atoms with E-state index in [0.717, 1.165) is 24.2 Å². The molecule has 0 aromatic heterocycles. The summed E-state index contributed by atoms with van der Waals surface area (Å²) in [7, 11) is 7.28. The highest BCUT2D eigenvalue weighted by molar-refractivity contribution is 5.99. The summed E-state index contributed by atoms with van der Waals surface area (Å²) in [5.41, 5.74) is 12.3. The largest absolute Gasteiger partial charge is 0.445 e. The first-order valence-electron chi connectivity index (χ1n) is 13.3. The second kappa shape index (κ2) is 22.6. The summed E-state index contributed by atoms with van der Waals surface area (Å²) in [4.78, 5) is 41.6. The molecule has 39 heavy (non-hydrogen) atoms. The number of likely N-dealkylation sites (N-methyl/N-ethyl adjacent to an activating group) is 2. The molecule has 4 amide bonds. The van der Waals surface area contributed by atoms with Crippen LogP contribution < -0.4 is 27.4 Å². The van der Waals surface area contributed by atoms with Crippen LogP contribution in [0.1, 0.15) is 46.6 Å². The molecule has 0 aliphatic carbocycles. The van der Waals surface area contributed by atoms with Crippen LogP contribution in [0.4, 0.5) is 15.3 Å². The van der Waals surface area contributed by atoms with E-state index in [9.17, 15) is 14.4 Å². The van der Waals surface area contributed by atoms with Gasteiger partial charge in [-0.3, -0.25) is 9.79 Å². The van der Waals surface area contributed by atoms with Crippen molar-refractivity contribution in [1.82, 2.24) is 20.4 Å². The number of primary amides is 1. The van der Waals surface area contributed by atoms with Crippen LogP contribution >= 0.6 is 0 Å². The molecule has 12 nitrogen and oxygen atoms in total. The molecule has 0 bridgehead atoms. The predicted molar refractivity (Wildman–Crippen MR) is 160 cm³/mol. The fraction of sp³-hybridized carbons (Fsp3) is 0.630. The molecular weight excluding hydrogens is 500 g/mol. The van der Waals surface area contributed by atoms with Crippen molar-refractivity contribution in [2.75, 3.05) is 59.7 Å². The summed E-state index contributed by atoms with van der Waals surface area (Å²) in [6, 6.07) is 6.48. The van der Waals surface area contributed by atoms with Crippen LogP contribution in [0.25, 0.3) is 0 Å². The number of nitrogens with zero attached hydrogens (tertiary/aromatic N) is 3. The van der Waals surface area contributed by atoms with Crippen molar-refractivity contribution in [3.63, 3.8) is 0 Å². The van der Waals surface area contributed by atoms with E-state index in [1.165, 1.54) is 0 Å². The van der Waals surface area contributed by atoms with Crippen molar-refractivity contribution in [3.05, 3.63) is 29.8 Å². The highest BCUT2D eigenvalue weighted by Crippen LogP contribution is 2.11. The number of hydrogen-bond donors (Lipinski definition) is 5. The molecule has 0 aliphatic rings. The maximum atomic E-state index is 12.0. The Labute approximate surface area is 234 Å². The van der Waals surface area contributed by atoms with Gasteiger partial charge in [-0.05, 0) is 44.1 Å². The summed E-state index contributed by atoms with van der Waals surface area (Å²) in [6.07, 6.45) is 0.581. The average Bonchev–Trinajstić information content (AvgIpc) is 2.92.